The van der Waals surface area contributed by atoms with Gasteiger partial charge in [0.25, 0.3) is 15.9 Å². The van der Waals surface area contributed by atoms with E-state index in [9.17, 15) is 22.4 Å². The number of halogens is 4. The van der Waals surface area contributed by atoms with Crippen LogP contribution in [-0.2, 0) is 21.2 Å². The molecule has 0 aliphatic rings. The summed E-state index contributed by atoms with van der Waals surface area (Å²) >= 11 is 3.46. The third-order valence-corrected chi connectivity index (χ3v) is 9.10. The van der Waals surface area contributed by atoms with Crippen molar-refractivity contribution >= 4 is 54.2 Å². The number of carbonyl (C=O) groups excluding carboxylic acids is 2. The molecule has 8 nitrogen and oxygen atoms in total. The molecule has 0 unspecified atom stereocenters. The number of benzene rings is 3. The zero-order valence-corrected chi connectivity index (χ0v) is 25.9. The third-order valence-electron chi connectivity index (χ3n) is 7.01. The fourth-order valence-electron chi connectivity index (χ4n) is 4.77. The highest BCUT2D eigenvalue weighted by Crippen LogP contribution is 2.27. The summed E-state index contributed by atoms with van der Waals surface area (Å²) in [6.45, 7) is 1.61. The van der Waals surface area contributed by atoms with Gasteiger partial charge in [0.15, 0.2) is 5.78 Å². The van der Waals surface area contributed by atoms with Gasteiger partial charge in [0.05, 0.1) is 22.1 Å². The first-order valence-corrected chi connectivity index (χ1v) is 15.8. The largest absolute Gasteiger partial charge is 0.342 e. The van der Waals surface area contributed by atoms with E-state index in [-0.39, 0.29) is 23.5 Å². The molecule has 2 aromatic heterocycles. The average Bonchev–Trinajstić information content (AvgIpc) is 3.01. The number of hydrogen-bond acceptors (Lipinski definition) is 6. The van der Waals surface area contributed by atoms with Gasteiger partial charge in [-0.2, -0.15) is 4.39 Å². The van der Waals surface area contributed by atoms with Crippen LogP contribution in [0.15, 0.2) is 94.6 Å². The summed E-state index contributed by atoms with van der Waals surface area (Å²) < 4.78 is 72.5. The van der Waals surface area contributed by atoms with E-state index in [1.807, 2.05) is 6.07 Å². The maximum atomic E-state index is 15.2. The molecule has 0 fully saturated rings. The van der Waals surface area contributed by atoms with E-state index < -0.39 is 50.8 Å². The number of rotatable bonds is 10. The minimum absolute atomic E-state index is 0.0230. The lowest BCUT2D eigenvalue weighted by molar-refractivity contribution is -0.120. The Morgan fingerprint density at radius 1 is 0.889 bits per heavy atom. The molecule has 0 aliphatic carbocycles. The molecule has 0 spiro atoms. The van der Waals surface area contributed by atoms with Gasteiger partial charge in [-0.05, 0) is 59.2 Å². The van der Waals surface area contributed by atoms with Crippen molar-refractivity contribution in [2.24, 2.45) is 0 Å². The van der Waals surface area contributed by atoms with Gasteiger partial charge >= 0.3 is 0 Å². The number of nitrogens with zero attached hydrogens (tertiary/aromatic N) is 2. The maximum absolute atomic E-state index is 15.2. The van der Waals surface area contributed by atoms with Crippen LogP contribution in [0.5, 0.6) is 0 Å². The molecule has 2 heterocycles. The Kier molecular flexibility index (Phi) is 9.30. The van der Waals surface area contributed by atoms with Crippen molar-refractivity contribution in [3.8, 4) is 11.1 Å². The molecule has 0 saturated carbocycles. The second-order valence-corrected chi connectivity index (χ2v) is 12.5. The normalized spacial score (nSPS) is 12.1. The number of nitrogens with one attached hydrogen (secondary N) is 2. The SMILES string of the molecule is CCC(=O)[C@H](Cc1ccc(Br)c2cccnc12)NC(=O)c1c(F)cc(NS(=O)(=O)c2ccc(-c3ccnc(F)c3)cc2)cc1F. The van der Waals surface area contributed by atoms with Crippen LogP contribution in [-0.4, -0.2) is 36.1 Å². The molecular formula is C32H24BrF3N4O4S. The Hall–Kier alpha value is -4.62. The molecule has 45 heavy (non-hydrogen) atoms. The number of aromatic nitrogens is 2. The highest BCUT2D eigenvalue weighted by molar-refractivity contribution is 9.10. The quantitative estimate of drug-likeness (QED) is 0.159. The molecule has 13 heteroatoms. The Morgan fingerprint density at radius 3 is 2.27 bits per heavy atom. The highest BCUT2D eigenvalue weighted by atomic mass is 79.9. The second kappa shape index (κ2) is 13.2. The average molecular weight is 698 g/mol. The fraction of sp³-hybridized carbons (Fsp3) is 0.125. The lowest BCUT2D eigenvalue weighted by atomic mass is 9.98. The Balaban J connectivity index is 1.35. The van der Waals surface area contributed by atoms with Crippen LogP contribution in [0.3, 0.4) is 0 Å². The van der Waals surface area contributed by atoms with Crippen molar-refractivity contribution in [1.82, 2.24) is 15.3 Å². The van der Waals surface area contributed by atoms with Crippen LogP contribution in [0.25, 0.3) is 22.0 Å². The number of carbonyl (C=O) groups is 2. The van der Waals surface area contributed by atoms with Crippen LogP contribution in [0, 0.1) is 17.6 Å². The van der Waals surface area contributed by atoms with E-state index in [0.29, 0.717) is 34.3 Å². The van der Waals surface area contributed by atoms with Gasteiger partial charge in [-0.1, -0.05) is 47.1 Å². The predicted molar refractivity (Wildman–Crippen MR) is 166 cm³/mol. The van der Waals surface area contributed by atoms with Crippen molar-refractivity contribution in [2.45, 2.75) is 30.7 Å². The van der Waals surface area contributed by atoms with Crippen LogP contribution in [0.1, 0.15) is 29.3 Å². The van der Waals surface area contributed by atoms with Gasteiger partial charge in [0.1, 0.15) is 17.2 Å². The van der Waals surface area contributed by atoms with E-state index in [1.165, 1.54) is 36.5 Å². The molecule has 5 rings (SSSR count). The molecule has 0 radical (unpaired) electrons. The van der Waals surface area contributed by atoms with Crippen LogP contribution >= 0.6 is 15.9 Å². The number of sulfonamides is 1. The summed E-state index contributed by atoms with van der Waals surface area (Å²) in [6.07, 6.45) is 2.94. The van der Waals surface area contributed by atoms with Crippen LogP contribution in [0.2, 0.25) is 0 Å². The van der Waals surface area contributed by atoms with E-state index in [4.69, 9.17) is 0 Å². The van der Waals surface area contributed by atoms with Gasteiger partial charge in [0, 0.05) is 41.2 Å². The Labute approximate surface area is 264 Å². The molecular weight excluding hydrogens is 673 g/mol. The summed E-state index contributed by atoms with van der Waals surface area (Å²) in [7, 11) is -4.30. The van der Waals surface area contributed by atoms with Gasteiger partial charge in [-0.25, -0.2) is 22.2 Å². The highest BCUT2D eigenvalue weighted by Gasteiger charge is 2.27. The maximum Gasteiger partial charge on any atom is 0.261 e. The molecule has 0 bridgehead atoms. The Morgan fingerprint density at radius 2 is 1.60 bits per heavy atom. The van der Waals surface area contributed by atoms with Crippen molar-refractivity contribution in [1.29, 1.82) is 0 Å². The smallest absolute Gasteiger partial charge is 0.261 e. The number of hydrogen-bond donors (Lipinski definition) is 2. The lowest BCUT2D eigenvalue weighted by Crippen LogP contribution is -2.42. The van der Waals surface area contributed by atoms with Crippen molar-refractivity contribution < 1.29 is 31.2 Å². The number of pyridine rings is 2. The van der Waals surface area contributed by atoms with Gasteiger partial charge in [-0.15, -0.1) is 0 Å². The first-order valence-electron chi connectivity index (χ1n) is 13.6. The topological polar surface area (TPSA) is 118 Å². The van der Waals surface area contributed by atoms with Crippen molar-refractivity contribution in [3.63, 3.8) is 0 Å². The summed E-state index contributed by atoms with van der Waals surface area (Å²) in [5.74, 6) is -4.91. The van der Waals surface area contributed by atoms with Crippen molar-refractivity contribution in [3.05, 3.63) is 118 Å². The Bertz CT molecular complexity index is 2020. The summed E-state index contributed by atoms with van der Waals surface area (Å²) in [5.41, 5.74) is 0.807. The molecule has 1 atom stereocenters. The minimum Gasteiger partial charge on any atom is -0.342 e. The van der Waals surface area contributed by atoms with Gasteiger partial charge in [-0.3, -0.25) is 19.3 Å². The van der Waals surface area contributed by atoms with E-state index in [1.54, 1.807) is 37.4 Å². The molecule has 5 aromatic rings. The zero-order valence-electron chi connectivity index (χ0n) is 23.5. The lowest BCUT2D eigenvalue weighted by Gasteiger charge is -2.19. The summed E-state index contributed by atoms with van der Waals surface area (Å²) in [4.78, 5) is 33.5. The number of fused-ring (bicyclic) bond motifs is 1. The third kappa shape index (κ3) is 7.04. The summed E-state index contributed by atoms with van der Waals surface area (Å²) in [6, 6.07) is 15.5. The molecule has 3 aromatic carbocycles. The van der Waals surface area contributed by atoms with Crippen LogP contribution < -0.4 is 10.0 Å². The van der Waals surface area contributed by atoms with Crippen LogP contribution in [0.4, 0.5) is 18.9 Å². The monoisotopic (exact) mass is 696 g/mol. The fourth-order valence-corrected chi connectivity index (χ4v) is 6.27. The van der Waals surface area contributed by atoms with Gasteiger partial charge < -0.3 is 5.32 Å². The van der Waals surface area contributed by atoms with E-state index in [0.717, 1.165) is 9.86 Å². The molecule has 230 valence electrons. The molecule has 0 aliphatic heterocycles. The van der Waals surface area contributed by atoms with Gasteiger partial charge in [0.2, 0.25) is 5.95 Å². The molecule has 2 N–H and O–H groups in total. The number of ketones is 1. The molecule has 0 saturated heterocycles. The predicted octanol–water partition coefficient (Wildman–Crippen LogP) is 6.60. The number of Topliss-reactive ketones (excluding diaryl/α,β-unsaturated/α-hetero) is 1. The van der Waals surface area contributed by atoms with Crippen molar-refractivity contribution in [2.75, 3.05) is 4.72 Å². The second-order valence-electron chi connectivity index (χ2n) is 9.97. The first kappa shape index (κ1) is 31.8. The zero-order chi connectivity index (χ0) is 32.3. The number of anilines is 1. The molecule has 1 amide bonds. The standard InChI is InChI=1S/C32H24BrF3N4O4S/c1-2-28(41)27(14-20-7-10-24(33)23-4-3-12-38-31(20)23)39-32(42)30-25(34)16-21(17-26(30)35)40-45(43,44)22-8-5-18(6-9-22)19-11-13-37-29(36)15-19/h3-13,15-17,27,40H,2,14H2,1H3,(H,39,42)/t27-/m0/s1. The summed E-state index contributed by atoms with van der Waals surface area (Å²) in [5, 5.41) is 3.23. The first-order chi connectivity index (χ1) is 21.5. The minimum atomic E-state index is -4.30. The van der Waals surface area contributed by atoms with E-state index in [2.05, 4.69) is 35.9 Å². The van der Waals surface area contributed by atoms with E-state index >= 15 is 8.78 Å². The number of amides is 1.